The topological polar surface area (TPSA) is 57.6 Å². The number of likely N-dealkylation sites (tertiary alicyclic amines) is 1. The summed E-state index contributed by atoms with van der Waals surface area (Å²) in [4.78, 5) is 25.8. The number of amides is 1. The van der Waals surface area contributed by atoms with Crippen molar-refractivity contribution in [2.75, 3.05) is 6.54 Å². The normalized spacial score (nSPS) is 21.5. The third-order valence-electron chi connectivity index (χ3n) is 3.16. The fourth-order valence-electron chi connectivity index (χ4n) is 2.20. The predicted molar refractivity (Wildman–Crippen MR) is 65.1 cm³/mol. The molecule has 1 amide bonds. The molecule has 1 fully saturated rings. The predicted octanol–water partition coefficient (Wildman–Crippen LogP) is 1.93. The zero-order valence-electron chi connectivity index (χ0n) is 9.63. The SMILES string of the molecule is CC(C(=O)N1CCC[C@@H]1C(=O)O)c1cccs1. The molecule has 2 rings (SSSR count). The Labute approximate surface area is 104 Å². The van der Waals surface area contributed by atoms with Crippen LogP contribution in [0.5, 0.6) is 0 Å². The van der Waals surface area contributed by atoms with Crippen molar-refractivity contribution in [2.24, 2.45) is 0 Å². The molecule has 92 valence electrons. The van der Waals surface area contributed by atoms with Crippen LogP contribution in [0.2, 0.25) is 0 Å². The van der Waals surface area contributed by atoms with E-state index in [1.165, 1.54) is 16.2 Å². The van der Waals surface area contributed by atoms with Crippen LogP contribution in [-0.2, 0) is 9.59 Å². The summed E-state index contributed by atoms with van der Waals surface area (Å²) in [6.07, 6.45) is 1.35. The molecule has 17 heavy (non-hydrogen) atoms. The van der Waals surface area contributed by atoms with Crippen molar-refractivity contribution in [1.29, 1.82) is 0 Å². The van der Waals surface area contributed by atoms with Crippen LogP contribution in [0.25, 0.3) is 0 Å². The number of nitrogens with zero attached hydrogens (tertiary/aromatic N) is 1. The molecular weight excluding hydrogens is 238 g/mol. The summed E-state index contributed by atoms with van der Waals surface area (Å²) in [6, 6.07) is 3.19. The van der Waals surface area contributed by atoms with Crippen molar-refractivity contribution < 1.29 is 14.7 Å². The molecule has 0 spiro atoms. The van der Waals surface area contributed by atoms with Gasteiger partial charge in [0.15, 0.2) is 0 Å². The van der Waals surface area contributed by atoms with Crippen molar-refractivity contribution >= 4 is 23.2 Å². The number of hydrogen-bond donors (Lipinski definition) is 1. The van der Waals surface area contributed by atoms with Crippen LogP contribution in [0.1, 0.15) is 30.6 Å². The highest BCUT2D eigenvalue weighted by atomic mass is 32.1. The first-order chi connectivity index (χ1) is 8.11. The molecule has 0 bridgehead atoms. The van der Waals surface area contributed by atoms with Crippen molar-refractivity contribution in [3.63, 3.8) is 0 Å². The minimum Gasteiger partial charge on any atom is -0.480 e. The molecule has 1 saturated heterocycles. The maximum Gasteiger partial charge on any atom is 0.326 e. The van der Waals surface area contributed by atoms with Gasteiger partial charge in [-0.05, 0) is 31.2 Å². The van der Waals surface area contributed by atoms with Crippen LogP contribution in [0.3, 0.4) is 0 Å². The molecule has 1 unspecified atom stereocenters. The Hall–Kier alpha value is -1.36. The zero-order valence-corrected chi connectivity index (χ0v) is 10.4. The Morgan fingerprint density at radius 3 is 2.94 bits per heavy atom. The number of rotatable bonds is 3. The molecule has 4 nitrogen and oxygen atoms in total. The van der Waals surface area contributed by atoms with E-state index in [1.54, 1.807) is 0 Å². The molecule has 1 N–H and O–H groups in total. The van der Waals surface area contributed by atoms with Gasteiger partial charge < -0.3 is 10.0 Å². The minimum atomic E-state index is -0.894. The molecule has 1 aliphatic heterocycles. The zero-order chi connectivity index (χ0) is 12.4. The first-order valence-electron chi connectivity index (χ1n) is 5.68. The Bertz CT molecular complexity index is 415. The molecule has 0 aliphatic carbocycles. The van der Waals surface area contributed by atoms with Gasteiger partial charge in [-0.15, -0.1) is 11.3 Å². The third kappa shape index (κ3) is 2.34. The van der Waals surface area contributed by atoms with Gasteiger partial charge in [0.25, 0.3) is 0 Å². The number of carbonyl (C=O) groups is 2. The van der Waals surface area contributed by atoms with E-state index < -0.39 is 12.0 Å². The van der Waals surface area contributed by atoms with E-state index in [2.05, 4.69) is 0 Å². The summed E-state index contributed by atoms with van der Waals surface area (Å²) in [7, 11) is 0. The lowest BCUT2D eigenvalue weighted by atomic mass is 10.1. The standard InChI is InChI=1S/C12H15NO3S/c1-8(10-5-3-7-17-10)11(14)13-6-2-4-9(13)12(15)16/h3,5,7-9H,2,4,6H2,1H3,(H,15,16)/t8?,9-/m1/s1. The number of thiophene rings is 1. The van der Waals surface area contributed by atoms with Crippen molar-refractivity contribution in [3.8, 4) is 0 Å². The van der Waals surface area contributed by atoms with E-state index in [4.69, 9.17) is 5.11 Å². The maximum absolute atomic E-state index is 12.2. The lowest BCUT2D eigenvalue weighted by Gasteiger charge is -2.24. The monoisotopic (exact) mass is 253 g/mol. The number of aliphatic carboxylic acids is 1. The van der Waals surface area contributed by atoms with Crippen molar-refractivity contribution in [1.82, 2.24) is 4.90 Å². The summed E-state index contributed by atoms with van der Waals surface area (Å²) >= 11 is 1.53. The minimum absolute atomic E-state index is 0.0719. The second-order valence-electron chi connectivity index (χ2n) is 4.27. The van der Waals surface area contributed by atoms with Gasteiger partial charge in [0, 0.05) is 11.4 Å². The lowest BCUT2D eigenvalue weighted by Crippen LogP contribution is -2.42. The Balaban J connectivity index is 2.12. The number of carboxylic acid groups (broad SMARTS) is 1. The fourth-order valence-corrected chi connectivity index (χ4v) is 2.97. The van der Waals surface area contributed by atoms with Gasteiger partial charge >= 0.3 is 5.97 Å². The van der Waals surface area contributed by atoms with Crippen LogP contribution in [0.15, 0.2) is 17.5 Å². The van der Waals surface area contributed by atoms with Crippen LogP contribution in [0, 0.1) is 0 Å². The second kappa shape index (κ2) is 4.87. The van der Waals surface area contributed by atoms with Crippen LogP contribution < -0.4 is 0 Å². The molecule has 1 aromatic heterocycles. The van der Waals surface area contributed by atoms with Crippen molar-refractivity contribution in [2.45, 2.75) is 31.7 Å². The summed E-state index contributed by atoms with van der Waals surface area (Å²) in [6.45, 7) is 2.40. The molecule has 1 aliphatic rings. The highest BCUT2D eigenvalue weighted by molar-refractivity contribution is 7.10. The first kappa shape index (κ1) is 12.1. The smallest absolute Gasteiger partial charge is 0.326 e. The molecule has 5 heteroatoms. The molecule has 2 atom stereocenters. The summed E-state index contributed by atoms with van der Waals surface area (Å²) in [5.41, 5.74) is 0. The quantitative estimate of drug-likeness (QED) is 0.895. The van der Waals surface area contributed by atoms with Gasteiger partial charge in [0.05, 0.1) is 5.92 Å². The van der Waals surface area contributed by atoms with Gasteiger partial charge in [0.2, 0.25) is 5.91 Å². The Morgan fingerprint density at radius 2 is 2.35 bits per heavy atom. The van der Waals surface area contributed by atoms with E-state index in [-0.39, 0.29) is 11.8 Å². The van der Waals surface area contributed by atoms with Crippen LogP contribution in [-0.4, -0.2) is 34.5 Å². The van der Waals surface area contributed by atoms with Gasteiger partial charge in [-0.25, -0.2) is 4.79 Å². The van der Waals surface area contributed by atoms with Gasteiger partial charge in [-0.1, -0.05) is 6.07 Å². The summed E-state index contributed by atoms with van der Waals surface area (Å²) < 4.78 is 0. The Kier molecular flexibility index (Phi) is 3.47. The molecule has 0 radical (unpaired) electrons. The van der Waals surface area contributed by atoms with E-state index in [0.29, 0.717) is 13.0 Å². The summed E-state index contributed by atoms with van der Waals surface area (Å²) in [5.74, 6) is -1.21. The van der Waals surface area contributed by atoms with E-state index in [9.17, 15) is 9.59 Å². The molecule has 1 aromatic rings. The Morgan fingerprint density at radius 1 is 1.59 bits per heavy atom. The van der Waals surface area contributed by atoms with Crippen LogP contribution >= 0.6 is 11.3 Å². The average molecular weight is 253 g/mol. The molecule has 2 heterocycles. The van der Waals surface area contributed by atoms with Crippen LogP contribution in [0.4, 0.5) is 0 Å². The first-order valence-corrected chi connectivity index (χ1v) is 6.56. The van der Waals surface area contributed by atoms with Gasteiger partial charge in [-0.2, -0.15) is 0 Å². The average Bonchev–Trinajstić information content (AvgIpc) is 2.97. The van der Waals surface area contributed by atoms with Gasteiger partial charge in [0.1, 0.15) is 6.04 Å². The van der Waals surface area contributed by atoms with Crippen molar-refractivity contribution in [3.05, 3.63) is 22.4 Å². The lowest BCUT2D eigenvalue weighted by molar-refractivity contribution is -0.148. The fraction of sp³-hybridized carbons (Fsp3) is 0.500. The largest absolute Gasteiger partial charge is 0.480 e. The number of carbonyl (C=O) groups excluding carboxylic acids is 1. The van der Waals surface area contributed by atoms with Gasteiger partial charge in [-0.3, -0.25) is 4.79 Å². The molecule has 0 saturated carbocycles. The summed E-state index contributed by atoms with van der Waals surface area (Å²) in [5, 5.41) is 11.0. The molecular formula is C12H15NO3S. The number of hydrogen-bond acceptors (Lipinski definition) is 3. The second-order valence-corrected chi connectivity index (χ2v) is 5.24. The number of carboxylic acids is 1. The van der Waals surface area contributed by atoms with E-state index >= 15 is 0 Å². The molecule has 0 aromatic carbocycles. The highest BCUT2D eigenvalue weighted by Gasteiger charge is 2.36. The van der Waals surface area contributed by atoms with E-state index in [0.717, 1.165) is 11.3 Å². The highest BCUT2D eigenvalue weighted by Crippen LogP contribution is 2.27. The van der Waals surface area contributed by atoms with E-state index in [1.807, 2.05) is 24.4 Å². The maximum atomic E-state index is 12.2. The third-order valence-corrected chi connectivity index (χ3v) is 4.22.